The molecule has 22 heavy (non-hydrogen) atoms. The Bertz CT molecular complexity index is 698. The van der Waals surface area contributed by atoms with Crippen molar-refractivity contribution in [2.75, 3.05) is 6.54 Å². The molecule has 4 nitrogen and oxygen atoms in total. The van der Waals surface area contributed by atoms with Crippen molar-refractivity contribution in [3.63, 3.8) is 0 Å². The second-order valence-electron chi connectivity index (χ2n) is 6.72. The molecule has 1 aliphatic rings. The van der Waals surface area contributed by atoms with Gasteiger partial charge in [0.25, 0.3) is 0 Å². The highest BCUT2D eigenvalue weighted by atomic mass is 19.1. The first-order chi connectivity index (χ1) is 10.3. The Morgan fingerprint density at radius 1 is 1.18 bits per heavy atom. The van der Waals surface area contributed by atoms with Gasteiger partial charge in [-0.15, -0.1) is 0 Å². The van der Waals surface area contributed by atoms with E-state index in [0.717, 1.165) is 23.6 Å². The van der Waals surface area contributed by atoms with E-state index in [0.29, 0.717) is 13.1 Å². The number of aromatic nitrogens is 2. The van der Waals surface area contributed by atoms with Crippen molar-refractivity contribution >= 4 is 5.91 Å². The molecule has 1 aromatic carbocycles. The molecule has 2 aromatic rings. The average Bonchev–Trinajstić information content (AvgIpc) is 2.89. The molecule has 1 aromatic heterocycles. The molecular formula is C17H20FN3O. The number of halogens is 1. The third kappa shape index (κ3) is 2.75. The van der Waals surface area contributed by atoms with E-state index < -0.39 is 0 Å². The molecule has 0 aliphatic carbocycles. The third-order valence-corrected chi connectivity index (χ3v) is 3.87. The maximum atomic E-state index is 13.0. The summed E-state index contributed by atoms with van der Waals surface area (Å²) >= 11 is 0. The van der Waals surface area contributed by atoms with Crippen LogP contribution in [0.3, 0.4) is 0 Å². The lowest BCUT2D eigenvalue weighted by Gasteiger charge is -2.32. The number of amides is 1. The molecule has 0 atom stereocenters. The number of carbonyl (C=O) groups excluding carboxylic acids is 1. The Balaban J connectivity index is 1.84. The van der Waals surface area contributed by atoms with Gasteiger partial charge in [-0.05, 0) is 24.3 Å². The summed E-state index contributed by atoms with van der Waals surface area (Å²) in [4.78, 5) is 18.9. The molecular weight excluding hydrogens is 281 g/mol. The summed E-state index contributed by atoms with van der Waals surface area (Å²) in [5.74, 6) is 0.767. The number of benzene rings is 1. The van der Waals surface area contributed by atoms with E-state index in [1.165, 1.54) is 12.1 Å². The first-order valence-corrected chi connectivity index (χ1v) is 7.46. The van der Waals surface area contributed by atoms with Crippen LogP contribution in [0.15, 0.2) is 30.5 Å². The van der Waals surface area contributed by atoms with Crippen molar-refractivity contribution in [1.82, 2.24) is 14.5 Å². The van der Waals surface area contributed by atoms with Gasteiger partial charge in [0.15, 0.2) is 0 Å². The fourth-order valence-electron chi connectivity index (χ4n) is 2.66. The Kier molecular flexibility index (Phi) is 3.51. The fraction of sp³-hybridized carbons (Fsp3) is 0.412. The minimum Gasteiger partial charge on any atom is -0.333 e. The van der Waals surface area contributed by atoms with Crippen LogP contribution in [0.25, 0.3) is 11.3 Å². The van der Waals surface area contributed by atoms with Gasteiger partial charge in [-0.2, -0.15) is 0 Å². The van der Waals surface area contributed by atoms with Gasteiger partial charge in [0.05, 0.1) is 12.2 Å². The zero-order valence-corrected chi connectivity index (χ0v) is 13.1. The van der Waals surface area contributed by atoms with Gasteiger partial charge in [-0.3, -0.25) is 4.79 Å². The Hall–Kier alpha value is -2.17. The van der Waals surface area contributed by atoms with Gasteiger partial charge in [0, 0.05) is 30.3 Å². The standard InChI is InChI=1S/C17H20FN3O/c1-17(2,3)16(22)21-9-8-20-10-14(19-15(20)11-21)12-4-6-13(18)7-5-12/h4-7,10H,8-9,11H2,1-3H3. The van der Waals surface area contributed by atoms with Crippen LogP contribution < -0.4 is 0 Å². The molecule has 0 spiro atoms. The molecule has 0 saturated heterocycles. The molecule has 116 valence electrons. The van der Waals surface area contributed by atoms with E-state index in [9.17, 15) is 9.18 Å². The second-order valence-corrected chi connectivity index (χ2v) is 6.72. The SMILES string of the molecule is CC(C)(C)C(=O)N1CCn2cc(-c3ccc(F)cc3)nc2C1. The van der Waals surface area contributed by atoms with Crippen LogP contribution in [0, 0.1) is 11.2 Å². The van der Waals surface area contributed by atoms with E-state index in [2.05, 4.69) is 9.55 Å². The smallest absolute Gasteiger partial charge is 0.228 e. The summed E-state index contributed by atoms with van der Waals surface area (Å²) in [6.45, 7) is 7.76. The highest BCUT2D eigenvalue weighted by molar-refractivity contribution is 5.81. The van der Waals surface area contributed by atoms with Crippen LogP contribution in [0.5, 0.6) is 0 Å². The molecule has 5 heteroatoms. The number of rotatable bonds is 1. The monoisotopic (exact) mass is 301 g/mol. The summed E-state index contributed by atoms with van der Waals surface area (Å²) in [5, 5.41) is 0. The van der Waals surface area contributed by atoms with E-state index in [1.54, 1.807) is 12.1 Å². The Morgan fingerprint density at radius 2 is 1.86 bits per heavy atom. The highest BCUT2D eigenvalue weighted by Crippen LogP contribution is 2.24. The van der Waals surface area contributed by atoms with Gasteiger partial charge < -0.3 is 9.47 Å². The van der Waals surface area contributed by atoms with Crippen molar-refractivity contribution in [3.8, 4) is 11.3 Å². The molecule has 1 amide bonds. The summed E-state index contributed by atoms with van der Waals surface area (Å²) in [6, 6.07) is 6.32. The van der Waals surface area contributed by atoms with Crippen molar-refractivity contribution < 1.29 is 9.18 Å². The van der Waals surface area contributed by atoms with Gasteiger partial charge in [-0.25, -0.2) is 9.37 Å². The maximum absolute atomic E-state index is 13.0. The Morgan fingerprint density at radius 3 is 2.50 bits per heavy atom. The van der Waals surface area contributed by atoms with E-state index in [1.807, 2.05) is 31.9 Å². The van der Waals surface area contributed by atoms with Crippen molar-refractivity contribution in [2.24, 2.45) is 5.41 Å². The van der Waals surface area contributed by atoms with Gasteiger partial charge in [0.2, 0.25) is 5.91 Å². The van der Waals surface area contributed by atoms with Crippen molar-refractivity contribution in [1.29, 1.82) is 0 Å². The molecule has 0 unspecified atom stereocenters. The van der Waals surface area contributed by atoms with Crippen LogP contribution in [0.2, 0.25) is 0 Å². The molecule has 3 rings (SSSR count). The molecule has 0 N–H and O–H groups in total. The topological polar surface area (TPSA) is 38.1 Å². The summed E-state index contributed by atoms with van der Waals surface area (Å²) in [7, 11) is 0. The Labute approximate surface area is 129 Å². The number of nitrogens with zero attached hydrogens (tertiary/aromatic N) is 3. The predicted octanol–water partition coefficient (Wildman–Crippen LogP) is 3.08. The van der Waals surface area contributed by atoms with Gasteiger partial charge in [-0.1, -0.05) is 20.8 Å². The number of hydrogen-bond acceptors (Lipinski definition) is 2. The van der Waals surface area contributed by atoms with Gasteiger partial charge >= 0.3 is 0 Å². The summed E-state index contributed by atoms with van der Waals surface area (Å²) in [5.41, 5.74) is 1.33. The molecule has 0 radical (unpaired) electrons. The maximum Gasteiger partial charge on any atom is 0.228 e. The first-order valence-electron chi connectivity index (χ1n) is 7.46. The highest BCUT2D eigenvalue weighted by Gasteiger charge is 2.30. The largest absolute Gasteiger partial charge is 0.333 e. The lowest BCUT2D eigenvalue weighted by atomic mass is 9.94. The summed E-state index contributed by atoms with van der Waals surface area (Å²) < 4.78 is 15.1. The number of carbonyl (C=O) groups is 1. The lowest BCUT2D eigenvalue weighted by Crippen LogP contribution is -2.43. The lowest BCUT2D eigenvalue weighted by molar-refractivity contribution is -0.141. The normalized spacial score (nSPS) is 14.8. The summed E-state index contributed by atoms with van der Waals surface area (Å²) in [6.07, 6.45) is 1.97. The minimum atomic E-state index is -0.380. The van der Waals surface area contributed by atoms with Gasteiger partial charge in [0.1, 0.15) is 11.6 Å². The zero-order valence-electron chi connectivity index (χ0n) is 13.1. The fourth-order valence-corrected chi connectivity index (χ4v) is 2.66. The van der Waals surface area contributed by atoms with E-state index >= 15 is 0 Å². The van der Waals surface area contributed by atoms with Crippen LogP contribution in [-0.2, 0) is 17.9 Å². The number of imidazole rings is 1. The predicted molar refractivity (Wildman–Crippen MR) is 82.5 cm³/mol. The average molecular weight is 301 g/mol. The minimum absolute atomic E-state index is 0.144. The molecule has 0 saturated carbocycles. The van der Waals surface area contributed by atoms with Crippen molar-refractivity contribution in [3.05, 3.63) is 42.1 Å². The molecule has 0 fully saturated rings. The van der Waals surface area contributed by atoms with Crippen LogP contribution in [0.1, 0.15) is 26.6 Å². The van der Waals surface area contributed by atoms with Crippen molar-refractivity contribution in [2.45, 2.75) is 33.9 Å². The van der Waals surface area contributed by atoms with Crippen LogP contribution >= 0.6 is 0 Å². The van der Waals surface area contributed by atoms with Crippen LogP contribution in [0.4, 0.5) is 4.39 Å². The quantitative estimate of drug-likeness (QED) is 0.812. The van der Waals surface area contributed by atoms with Crippen LogP contribution in [-0.4, -0.2) is 26.9 Å². The molecule has 2 heterocycles. The molecule has 1 aliphatic heterocycles. The first kappa shape index (κ1) is 14.8. The van der Waals surface area contributed by atoms with E-state index in [-0.39, 0.29) is 17.1 Å². The number of hydrogen-bond donors (Lipinski definition) is 0. The molecule has 0 bridgehead atoms. The van der Waals surface area contributed by atoms with E-state index in [4.69, 9.17) is 0 Å². The third-order valence-electron chi connectivity index (χ3n) is 3.87. The second kappa shape index (κ2) is 5.23. The number of fused-ring (bicyclic) bond motifs is 1. The zero-order chi connectivity index (χ0) is 15.9.